The predicted octanol–water partition coefficient (Wildman–Crippen LogP) is 2.89. The standard InChI is InChI=1S/C16H18N2O/c1-13-3-2-8-17-16(13)14-4-6-15(7-5-14)18-9-11-19-12-10-18/h2-8H,9-12H2,1H3. The van der Waals surface area contributed by atoms with Crippen LogP contribution in [0.2, 0.25) is 0 Å². The molecular weight excluding hydrogens is 236 g/mol. The van der Waals surface area contributed by atoms with Crippen LogP contribution in [0.5, 0.6) is 0 Å². The van der Waals surface area contributed by atoms with Crippen molar-refractivity contribution in [1.29, 1.82) is 0 Å². The van der Waals surface area contributed by atoms with Crippen LogP contribution < -0.4 is 4.90 Å². The van der Waals surface area contributed by atoms with Gasteiger partial charge in [0.15, 0.2) is 0 Å². The number of hydrogen-bond donors (Lipinski definition) is 0. The summed E-state index contributed by atoms with van der Waals surface area (Å²) >= 11 is 0. The van der Waals surface area contributed by atoms with E-state index in [1.54, 1.807) is 0 Å². The van der Waals surface area contributed by atoms with E-state index in [1.165, 1.54) is 16.8 Å². The summed E-state index contributed by atoms with van der Waals surface area (Å²) < 4.78 is 5.38. The Morgan fingerprint density at radius 3 is 2.47 bits per heavy atom. The van der Waals surface area contributed by atoms with Crippen molar-refractivity contribution in [1.82, 2.24) is 4.98 Å². The molecule has 1 aliphatic heterocycles. The quantitative estimate of drug-likeness (QED) is 0.824. The van der Waals surface area contributed by atoms with Crippen LogP contribution in [-0.4, -0.2) is 31.3 Å². The molecule has 3 heteroatoms. The van der Waals surface area contributed by atoms with Gasteiger partial charge in [0.05, 0.1) is 18.9 Å². The van der Waals surface area contributed by atoms with Crippen LogP contribution in [0, 0.1) is 6.92 Å². The topological polar surface area (TPSA) is 25.4 Å². The number of rotatable bonds is 2. The molecular formula is C16H18N2O. The first kappa shape index (κ1) is 12.2. The Hall–Kier alpha value is -1.87. The zero-order chi connectivity index (χ0) is 13.1. The zero-order valence-electron chi connectivity index (χ0n) is 11.2. The highest BCUT2D eigenvalue weighted by Gasteiger charge is 2.11. The molecule has 0 aliphatic carbocycles. The molecule has 1 aromatic carbocycles. The fourth-order valence-electron chi connectivity index (χ4n) is 2.44. The van der Waals surface area contributed by atoms with Gasteiger partial charge in [-0.1, -0.05) is 18.2 Å². The third-order valence-electron chi connectivity index (χ3n) is 3.53. The molecule has 1 aromatic heterocycles. The zero-order valence-corrected chi connectivity index (χ0v) is 11.2. The minimum atomic E-state index is 0.821. The minimum absolute atomic E-state index is 0.821. The van der Waals surface area contributed by atoms with Crippen LogP contribution >= 0.6 is 0 Å². The summed E-state index contributed by atoms with van der Waals surface area (Å²) in [6.07, 6.45) is 1.85. The largest absolute Gasteiger partial charge is 0.378 e. The molecule has 1 aliphatic rings. The summed E-state index contributed by atoms with van der Waals surface area (Å²) in [6, 6.07) is 12.7. The van der Waals surface area contributed by atoms with Gasteiger partial charge in [-0.2, -0.15) is 0 Å². The Labute approximate surface area is 113 Å². The molecule has 2 aromatic rings. The summed E-state index contributed by atoms with van der Waals surface area (Å²) in [6.45, 7) is 5.68. The van der Waals surface area contributed by atoms with Crippen LogP contribution in [0.4, 0.5) is 5.69 Å². The molecule has 0 saturated carbocycles. The van der Waals surface area contributed by atoms with Gasteiger partial charge < -0.3 is 9.64 Å². The number of aryl methyl sites for hydroxylation is 1. The van der Waals surface area contributed by atoms with Gasteiger partial charge in [0, 0.05) is 30.5 Å². The molecule has 0 bridgehead atoms. The maximum Gasteiger partial charge on any atom is 0.0731 e. The van der Waals surface area contributed by atoms with E-state index in [4.69, 9.17) is 4.74 Å². The van der Waals surface area contributed by atoms with Gasteiger partial charge in [0.2, 0.25) is 0 Å². The number of benzene rings is 1. The number of hydrogen-bond acceptors (Lipinski definition) is 3. The van der Waals surface area contributed by atoms with Crippen molar-refractivity contribution in [3.05, 3.63) is 48.2 Å². The number of anilines is 1. The highest BCUT2D eigenvalue weighted by molar-refractivity contribution is 5.65. The molecule has 0 radical (unpaired) electrons. The third-order valence-corrected chi connectivity index (χ3v) is 3.53. The minimum Gasteiger partial charge on any atom is -0.378 e. The number of pyridine rings is 1. The fourth-order valence-corrected chi connectivity index (χ4v) is 2.44. The molecule has 98 valence electrons. The summed E-state index contributed by atoms with van der Waals surface area (Å²) in [7, 11) is 0. The van der Waals surface area contributed by atoms with E-state index in [0.29, 0.717) is 0 Å². The first-order valence-corrected chi connectivity index (χ1v) is 6.69. The van der Waals surface area contributed by atoms with Crippen LogP contribution in [0.1, 0.15) is 5.56 Å². The predicted molar refractivity (Wildman–Crippen MR) is 77.4 cm³/mol. The van der Waals surface area contributed by atoms with Gasteiger partial charge in [0.25, 0.3) is 0 Å². The molecule has 0 unspecified atom stereocenters. The second kappa shape index (κ2) is 5.41. The maximum atomic E-state index is 5.38. The van der Waals surface area contributed by atoms with Crippen molar-refractivity contribution in [2.24, 2.45) is 0 Å². The maximum absolute atomic E-state index is 5.38. The second-order valence-corrected chi connectivity index (χ2v) is 4.82. The van der Waals surface area contributed by atoms with E-state index in [1.807, 2.05) is 12.3 Å². The molecule has 0 amide bonds. The molecule has 1 saturated heterocycles. The van der Waals surface area contributed by atoms with Crippen molar-refractivity contribution in [2.45, 2.75) is 6.92 Å². The molecule has 1 fully saturated rings. The van der Waals surface area contributed by atoms with Crippen molar-refractivity contribution in [2.75, 3.05) is 31.2 Å². The number of ether oxygens (including phenoxy) is 1. The van der Waals surface area contributed by atoms with E-state index in [0.717, 1.165) is 32.0 Å². The SMILES string of the molecule is Cc1cccnc1-c1ccc(N2CCOCC2)cc1. The van der Waals surface area contributed by atoms with Crippen LogP contribution in [0.3, 0.4) is 0 Å². The lowest BCUT2D eigenvalue weighted by atomic mass is 10.1. The third kappa shape index (κ3) is 2.61. The molecule has 0 atom stereocenters. The summed E-state index contributed by atoms with van der Waals surface area (Å²) in [5, 5.41) is 0. The van der Waals surface area contributed by atoms with Crippen molar-refractivity contribution in [3.8, 4) is 11.3 Å². The van der Waals surface area contributed by atoms with Gasteiger partial charge in [-0.3, -0.25) is 4.98 Å². The van der Waals surface area contributed by atoms with Crippen LogP contribution in [-0.2, 0) is 4.74 Å². The molecule has 19 heavy (non-hydrogen) atoms. The Bertz CT molecular complexity index is 545. The molecule has 3 rings (SSSR count). The Kier molecular flexibility index (Phi) is 3.47. The first-order chi connectivity index (χ1) is 9.34. The lowest BCUT2D eigenvalue weighted by molar-refractivity contribution is 0.122. The van der Waals surface area contributed by atoms with Crippen LogP contribution in [0.15, 0.2) is 42.6 Å². The average Bonchev–Trinajstić information content (AvgIpc) is 2.49. The molecule has 0 spiro atoms. The Morgan fingerprint density at radius 1 is 1.05 bits per heavy atom. The number of aromatic nitrogens is 1. The lowest BCUT2D eigenvalue weighted by Gasteiger charge is -2.28. The number of nitrogens with zero attached hydrogens (tertiary/aromatic N) is 2. The normalized spacial score (nSPS) is 15.5. The van der Waals surface area contributed by atoms with E-state index in [-0.39, 0.29) is 0 Å². The summed E-state index contributed by atoms with van der Waals surface area (Å²) in [4.78, 5) is 6.82. The van der Waals surface area contributed by atoms with E-state index >= 15 is 0 Å². The second-order valence-electron chi connectivity index (χ2n) is 4.82. The Balaban J connectivity index is 1.84. The van der Waals surface area contributed by atoms with Gasteiger partial charge >= 0.3 is 0 Å². The van der Waals surface area contributed by atoms with Crippen LogP contribution in [0.25, 0.3) is 11.3 Å². The number of morpholine rings is 1. The average molecular weight is 254 g/mol. The van der Waals surface area contributed by atoms with Gasteiger partial charge in [-0.15, -0.1) is 0 Å². The van der Waals surface area contributed by atoms with Crippen molar-refractivity contribution in [3.63, 3.8) is 0 Å². The van der Waals surface area contributed by atoms with Gasteiger partial charge in [-0.05, 0) is 30.7 Å². The lowest BCUT2D eigenvalue weighted by Crippen LogP contribution is -2.36. The van der Waals surface area contributed by atoms with E-state index in [2.05, 4.69) is 47.1 Å². The van der Waals surface area contributed by atoms with Crippen molar-refractivity contribution >= 4 is 5.69 Å². The fraction of sp³-hybridized carbons (Fsp3) is 0.312. The van der Waals surface area contributed by atoms with Gasteiger partial charge in [0.1, 0.15) is 0 Å². The molecule has 2 heterocycles. The highest BCUT2D eigenvalue weighted by Crippen LogP contribution is 2.24. The first-order valence-electron chi connectivity index (χ1n) is 6.69. The summed E-state index contributed by atoms with van der Waals surface area (Å²) in [5.41, 5.74) is 4.72. The highest BCUT2D eigenvalue weighted by atomic mass is 16.5. The van der Waals surface area contributed by atoms with E-state index in [9.17, 15) is 0 Å². The summed E-state index contributed by atoms with van der Waals surface area (Å²) in [5.74, 6) is 0. The van der Waals surface area contributed by atoms with Crippen molar-refractivity contribution < 1.29 is 4.74 Å². The smallest absolute Gasteiger partial charge is 0.0731 e. The van der Waals surface area contributed by atoms with Gasteiger partial charge in [-0.25, -0.2) is 0 Å². The Morgan fingerprint density at radius 2 is 1.79 bits per heavy atom. The molecule has 0 N–H and O–H groups in total. The van der Waals surface area contributed by atoms with E-state index < -0.39 is 0 Å². The monoisotopic (exact) mass is 254 g/mol. The molecule has 3 nitrogen and oxygen atoms in total.